The maximum absolute atomic E-state index is 14.4. The Kier molecular flexibility index (Phi) is 9.40. The predicted molar refractivity (Wildman–Crippen MR) is 147 cm³/mol. The molecular weight excluding hydrogens is 619 g/mol. The molecule has 0 aliphatic heterocycles. The van der Waals surface area contributed by atoms with Crippen LogP contribution in [0.15, 0.2) is 47.6 Å². The average Bonchev–Trinajstić information content (AvgIpc) is 3.67. The summed E-state index contributed by atoms with van der Waals surface area (Å²) in [4.78, 5) is 12.5. The molecule has 3 N–H and O–H groups in total. The highest BCUT2D eigenvalue weighted by Crippen LogP contribution is 2.61. The van der Waals surface area contributed by atoms with Crippen LogP contribution in [0.4, 0.5) is 39.5 Å². The first-order valence-electron chi connectivity index (χ1n) is 15.1. The van der Waals surface area contributed by atoms with E-state index in [0.717, 1.165) is 43.8 Å². The van der Waals surface area contributed by atoms with E-state index in [-0.39, 0.29) is 29.6 Å². The molecule has 0 saturated heterocycles. The van der Waals surface area contributed by atoms with Crippen LogP contribution in [0.1, 0.15) is 71.6 Å². The minimum Gasteiger partial charge on any atom is -0.393 e. The number of Topliss-reactive ketones (excluding diaryl/α,β-unsaturated/α-hetero) is 1. The van der Waals surface area contributed by atoms with E-state index in [9.17, 15) is 59.6 Å². The zero-order chi connectivity index (χ0) is 34.0. The molecule has 0 aromatic carbocycles. The fourth-order valence-electron chi connectivity index (χ4n) is 7.83. The van der Waals surface area contributed by atoms with Crippen LogP contribution in [0.5, 0.6) is 0 Å². The van der Waals surface area contributed by atoms with Crippen molar-refractivity contribution >= 4 is 5.78 Å². The zero-order valence-corrected chi connectivity index (χ0v) is 25.0. The summed E-state index contributed by atoms with van der Waals surface area (Å²) < 4.78 is 121. The van der Waals surface area contributed by atoms with Gasteiger partial charge in [0, 0.05) is 6.42 Å². The molecule has 45 heavy (non-hydrogen) atoms. The zero-order valence-electron chi connectivity index (χ0n) is 25.0. The third kappa shape index (κ3) is 5.94. The molecule has 4 fully saturated rings. The number of aliphatic hydroxyl groups excluding tert-OH is 3. The Hall–Kier alpha value is -2.12. The lowest BCUT2D eigenvalue weighted by molar-refractivity contribution is -0.389. The lowest BCUT2D eigenvalue weighted by Gasteiger charge is -2.44. The Bertz CT molecular complexity index is 1260. The lowest BCUT2D eigenvalue weighted by atomic mass is 9.61. The van der Waals surface area contributed by atoms with Crippen molar-refractivity contribution in [1.82, 2.24) is 0 Å². The van der Waals surface area contributed by atoms with Gasteiger partial charge in [-0.2, -0.15) is 39.5 Å². The van der Waals surface area contributed by atoms with Gasteiger partial charge < -0.3 is 15.3 Å². The number of rotatable bonds is 9. The van der Waals surface area contributed by atoms with Crippen molar-refractivity contribution in [2.24, 2.45) is 28.6 Å². The fourth-order valence-corrected chi connectivity index (χ4v) is 7.83. The van der Waals surface area contributed by atoms with Crippen LogP contribution in [-0.4, -0.2) is 63.4 Å². The molecule has 13 heteroatoms. The third-order valence-electron chi connectivity index (χ3n) is 10.8. The van der Waals surface area contributed by atoms with Crippen LogP contribution in [0.2, 0.25) is 0 Å². The van der Waals surface area contributed by atoms with Crippen LogP contribution in [0.25, 0.3) is 0 Å². The van der Waals surface area contributed by atoms with Gasteiger partial charge >= 0.3 is 23.9 Å². The van der Waals surface area contributed by atoms with Gasteiger partial charge in [-0.15, -0.1) is 0 Å². The van der Waals surface area contributed by atoms with E-state index in [0.29, 0.717) is 12.0 Å². The molecule has 0 aromatic heterocycles. The molecule has 0 unspecified atom stereocenters. The Labute approximate surface area is 255 Å². The Morgan fingerprint density at radius 2 is 1.58 bits per heavy atom. The molecule has 0 aromatic rings. The van der Waals surface area contributed by atoms with Gasteiger partial charge in [0.05, 0.1) is 23.7 Å². The second-order valence-corrected chi connectivity index (χ2v) is 13.6. The van der Waals surface area contributed by atoms with Gasteiger partial charge in [0.25, 0.3) is 0 Å². The number of hydrogen-bond donors (Lipinski definition) is 3. The monoisotopic (exact) mass is 658 g/mol. The van der Waals surface area contributed by atoms with E-state index < -0.39 is 66.3 Å². The first kappa shape index (κ1) is 35.7. The molecule has 4 aliphatic rings. The number of aliphatic hydroxyl groups is 3. The molecular formula is C32H39F9O4. The summed E-state index contributed by atoms with van der Waals surface area (Å²) in [5, 5.41) is 30.8. The van der Waals surface area contributed by atoms with Crippen molar-refractivity contribution in [3.05, 3.63) is 47.6 Å². The molecule has 0 radical (unpaired) electrons. The lowest BCUT2D eigenvalue weighted by Crippen LogP contribution is -2.65. The summed E-state index contributed by atoms with van der Waals surface area (Å²) in [5.41, 5.74) is -0.287. The molecule has 0 heterocycles. The number of allylic oxidation sites excluding steroid dienone is 4. The van der Waals surface area contributed by atoms with Crippen LogP contribution in [0, 0.1) is 28.6 Å². The first-order valence-corrected chi connectivity index (χ1v) is 15.1. The highest BCUT2D eigenvalue weighted by Gasteiger charge is 2.85. The Morgan fingerprint density at radius 3 is 2.16 bits per heavy atom. The van der Waals surface area contributed by atoms with Crippen LogP contribution in [-0.2, 0) is 4.79 Å². The first-order chi connectivity index (χ1) is 20.5. The van der Waals surface area contributed by atoms with Gasteiger partial charge in [-0.05, 0) is 85.7 Å². The second kappa shape index (κ2) is 11.8. The molecule has 4 nitrogen and oxygen atoms in total. The number of alkyl halides is 9. The van der Waals surface area contributed by atoms with E-state index in [1.165, 1.54) is 11.6 Å². The number of fused-ring (bicyclic) bond motifs is 1. The maximum Gasteiger partial charge on any atom is 0.460 e. The van der Waals surface area contributed by atoms with E-state index in [1.807, 2.05) is 19.1 Å². The quantitative estimate of drug-likeness (QED) is 0.177. The van der Waals surface area contributed by atoms with Gasteiger partial charge in [-0.3, -0.25) is 4.79 Å². The highest BCUT2D eigenvalue weighted by atomic mass is 19.4. The maximum atomic E-state index is 14.4. The van der Waals surface area contributed by atoms with Crippen LogP contribution < -0.4 is 0 Å². The minimum absolute atomic E-state index is 0.0256. The summed E-state index contributed by atoms with van der Waals surface area (Å²) in [7, 11) is 0. The smallest absolute Gasteiger partial charge is 0.393 e. The van der Waals surface area contributed by atoms with E-state index in [4.69, 9.17) is 0 Å². The molecule has 7 atom stereocenters. The van der Waals surface area contributed by atoms with Gasteiger partial charge in [0.1, 0.15) is 0 Å². The Balaban J connectivity index is 1.49. The van der Waals surface area contributed by atoms with E-state index >= 15 is 0 Å². The summed E-state index contributed by atoms with van der Waals surface area (Å²) in [6.45, 7) is 7.87. The largest absolute Gasteiger partial charge is 0.460 e. The molecule has 4 saturated carbocycles. The molecule has 4 rings (SSSR count). The number of halogens is 9. The van der Waals surface area contributed by atoms with Crippen molar-refractivity contribution in [1.29, 1.82) is 0 Å². The van der Waals surface area contributed by atoms with E-state index in [1.54, 1.807) is 0 Å². The third-order valence-corrected chi connectivity index (χ3v) is 10.8. The average molecular weight is 659 g/mol. The van der Waals surface area contributed by atoms with Gasteiger partial charge in [0.15, 0.2) is 0 Å². The number of ketones is 1. The summed E-state index contributed by atoms with van der Waals surface area (Å²) in [6, 6.07) is 0. The summed E-state index contributed by atoms with van der Waals surface area (Å²) in [6.07, 6.45) is -0.683. The number of carbonyl (C=O) groups excluding carboxylic acids is 1. The summed E-state index contributed by atoms with van der Waals surface area (Å²) in [5.74, 6) is -23.6. The normalized spacial score (nSPS) is 34.3. The number of hydrogen-bond acceptors (Lipinski definition) is 4. The standard InChI is InChI=1S/C32H39F9O4/c1-17(6-11-25(44)28(13-14-28)26(45)29(33,34)30(35,36)31(37,38)32(39,40)41)22-9-10-23-19(5-4-12-27(22,23)3)7-8-20-15-21(42)16-24(43)18(20)2/h6-8,11,17,21-25,42-44H,2,4-5,9-10,12-16H2,1,3H3/t17-,21-,22-,23+,24+,25+,27-/m1/s1. The summed E-state index contributed by atoms with van der Waals surface area (Å²) >= 11 is 0. The van der Waals surface area contributed by atoms with E-state index in [2.05, 4.69) is 13.5 Å². The van der Waals surface area contributed by atoms with Crippen molar-refractivity contribution < 1.29 is 59.6 Å². The Morgan fingerprint density at radius 1 is 0.956 bits per heavy atom. The molecule has 0 bridgehead atoms. The predicted octanol–water partition coefficient (Wildman–Crippen LogP) is 7.50. The van der Waals surface area contributed by atoms with Crippen LogP contribution >= 0.6 is 0 Å². The van der Waals surface area contributed by atoms with Gasteiger partial charge in [0.2, 0.25) is 5.78 Å². The van der Waals surface area contributed by atoms with Crippen molar-refractivity contribution in [2.45, 2.75) is 114 Å². The van der Waals surface area contributed by atoms with Crippen molar-refractivity contribution in [2.75, 3.05) is 0 Å². The van der Waals surface area contributed by atoms with Crippen LogP contribution in [0.3, 0.4) is 0 Å². The molecule has 254 valence electrons. The van der Waals surface area contributed by atoms with Gasteiger partial charge in [-0.1, -0.05) is 50.3 Å². The molecule has 0 spiro atoms. The van der Waals surface area contributed by atoms with Gasteiger partial charge in [-0.25, -0.2) is 0 Å². The van der Waals surface area contributed by atoms with Crippen molar-refractivity contribution in [3.8, 4) is 0 Å². The molecule has 4 aliphatic carbocycles. The second-order valence-electron chi connectivity index (χ2n) is 13.6. The SMILES string of the molecule is C=C1C(=CC=C2CCC[C@]3(C)[C@@H]([C@H](C)C=C[C@H](O)C4(C(=O)C(F)(F)C(F)(F)C(F)(F)C(F)(F)F)CC4)CC[C@@H]23)C[C@@H](O)C[C@@H]1O. The molecule has 0 amide bonds. The minimum atomic E-state index is -7.18. The topological polar surface area (TPSA) is 77.8 Å². The fraction of sp³-hybridized carbons (Fsp3) is 0.719. The number of carbonyl (C=O) groups is 1. The van der Waals surface area contributed by atoms with Crippen molar-refractivity contribution in [3.63, 3.8) is 0 Å². The highest BCUT2D eigenvalue weighted by molar-refractivity contribution is 5.95.